The number of hydrogen-bond acceptors (Lipinski definition) is 3. The number of hydrogen-bond donors (Lipinski definition) is 0. The van der Waals surface area contributed by atoms with E-state index < -0.39 is 0 Å². The van der Waals surface area contributed by atoms with Crippen molar-refractivity contribution in [3.63, 3.8) is 0 Å². The average Bonchev–Trinajstić information content (AvgIpc) is 3.46. The first kappa shape index (κ1) is 18.1. The molecular weight excluding hydrogens is 338 g/mol. The molecule has 0 bridgehead atoms. The van der Waals surface area contributed by atoms with Gasteiger partial charge in [-0.2, -0.15) is 0 Å². The quantitative estimate of drug-likeness (QED) is 0.746. The third-order valence-electron chi connectivity index (χ3n) is 6.05. The zero-order valence-electron chi connectivity index (χ0n) is 15.8. The Morgan fingerprint density at radius 2 is 1.78 bits per heavy atom. The van der Waals surface area contributed by atoms with Crippen LogP contribution in [-0.4, -0.2) is 65.8 Å². The van der Waals surface area contributed by atoms with Gasteiger partial charge in [-0.1, -0.05) is 30.2 Å². The first-order chi connectivity index (χ1) is 13.2. The summed E-state index contributed by atoms with van der Waals surface area (Å²) in [7, 11) is 0. The fourth-order valence-corrected chi connectivity index (χ4v) is 4.35. The minimum Gasteiger partial charge on any atom is -0.339 e. The highest BCUT2D eigenvalue weighted by Crippen LogP contribution is 2.35. The van der Waals surface area contributed by atoms with Gasteiger partial charge in [0, 0.05) is 38.1 Å². The molecule has 1 atom stereocenters. The minimum absolute atomic E-state index is 0.119. The summed E-state index contributed by atoms with van der Waals surface area (Å²) in [6.45, 7) is 3.39. The zero-order chi connectivity index (χ0) is 18.8. The highest BCUT2D eigenvalue weighted by Gasteiger charge is 2.36. The summed E-state index contributed by atoms with van der Waals surface area (Å²) in [5, 5.41) is 0. The third-order valence-corrected chi connectivity index (χ3v) is 6.05. The molecular formula is C22H27N3O2. The highest BCUT2D eigenvalue weighted by atomic mass is 16.2. The Kier molecular flexibility index (Phi) is 5.18. The van der Waals surface area contributed by atoms with E-state index in [-0.39, 0.29) is 23.8 Å². The number of terminal acetylenes is 1. The van der Waals surface area contributed by atoms with Crippen LogP contribution in [0.3, 0.4) is 0 Å². The normalized spacial score (nSPS) is 21.9. The number of nitrogens with zero attached hydrogens (tertiary/aromatic N) is 3. The molecule has 1 unspecified atom stereocenters. The summed E-state index contributed by atoms with van der Waals surface area (Å²) < 4.78 is 0. The standard InChI is InChI=1S/C22H27N3O2/c1-2-11-25(20-10-9-17-5-3-4-6-19(17)20)16-21(26)23-12-14-24(15-13-23)22(27)18-7-8-18/h1,3-6,18,20H,7-16H2. The maximum Gasteiger partial charge on any atom is 0.236 e. The van der Waals surface area contributed by atoms with E-state index >= 15 is 0 Å². The molecule has 2 amide bonds. The topological polar surface area (TPSA) is 43.9 Å². The molecule has 142 valence electrons. The minimum atomic E-state index is 0.119. The Morgan fingerprint density at radius 3 is 2.48 bits per heavy atom. The van der Waals surface area contributed by atoms with Crippen molar-refractivity contribution in [1.29, 1.82) is 0 Å². The molecule has 0 radical (unpaired) electrons. The predicted octanol–water partition coefficient (Wildman–Crippen LogP) is 1.69. The average molecular weight is 365 g/mol. The van der Waals surface area contributed by atoms with Crippen LogP contribution in [0.25, 0.3) is 0 Å². The van der Waals surface area contributed by atoms with E-state index in [9.17, 15) is 9.59 Å². The lowest BCUT2D eigenvalue weighted by Crippen LogP contribution is -2.53. The molecule has 3 aliphatic rings. The van der Waals surface area contributed by atoms with Gasteiger partial charge < -0.3 is 9.80 Å². The van der Waals surface area contributed by atoms with Crippen LogP contribution >= 0.6 is 0 Å². The Bertz CT molecular complexity index is 757. The lowest BCUT2D eigenvalue weighted by molar-refractivity contribution is -0.141. The second-order valence-electron chi connectivity index (χ2n) is 7.84. The van der Waals surface area contributed by atoms with Crippen molar-refractivity contribution in [2.45, 2.75) is 31.7 Å². The van der Waals surface area contributed by atoms with Crippen molar-refractivity contribution in [2.24, 2.45) is 5.92 Å². The van der Waals surface area contributed by atoms with Gasteiger partial charge in [-0.05, 0) is 36.8 Å². The first-order valence-electron chi connectivity index (χ1n) is 9.99. The molecule has 4 rings (SSSR count). The van der Waals surface area contributed by atoms with Crippen LogP contribution in [0, 0.1) is 18.3 Å². The number of aryl methyl sites for hydroxylation is 1. The number of benzene rings is 1. The number of piperazine rings is 1. The van der Waals surface area contributed by atoms with E-state index in [1.807, 2.05) is 9.80 Å². The van der Waals surface area contributed by atoms with Crippen LogP contribution in [0.15, 0.2) is 24.3 Å². The summed E-state index contributed by atoms with van der Waals surface area (Å²) >= 11 is 0. The van der Waals surface area contributed by atoms with Gasteiger partial charge in [-0.3, -0.25) is 14.5 Å². The number of amides is 2. The summed E-state index contributed by atoms with van der Waals surface area (Å²) in [4.78, 5) is 31.0. The fourth-order valence-electron chi connectivity index (χ4n) is 4.35. The van der Waals surface area contributed by atoms with Crippen molar-refractivity contribution >= 4 is 11.8 Å². The molecule has 0 aromatic heterocycles. The number of rotatable bonds is 5. The molecule has 1 aliphatic heterocycles. The van der Waals surface area contributed by atoms with Gasteiger partial charge in [-0.25, -0.2) is 0 Å². The second kappa shape index (κ2) is 7.74. The third kappa shape index (κ3) is 3.86. The Hall–Kier alpha value is -2.32. The summed E-state index contributed by atoms with van der Waals surface area (Å²) in [5.41, 5.74) is 2.67. The number of fused-ring (bicyclic) bond motifs is 1. The van der Waals surface area contributed by atoms with Crippen molar-refractivity contribution in [3.05, 3.63) is 35.4 Å². The van der Waals surface area contributed by atoms with Gasteiger partial charge in [0.15, 0.2) is 0 Å². The number of carbonyl (C=O) groups excluding carboxylic acids is 2. The molecule has 2 aliphatic carbocycles. The largest absolute Gasteiger partial charge is 0.339 e. The van der Waals surface area contributed by atoms with Crippen molar-refractivity contribution in [2.75, 3.05) is 39.3 Å². The van der Waals surface area contributed by atoms with Gasteiger partial charge in [0.1, 0.15) is 0 Å². The maximum atomic E-state index is 12.9. The fraction of sp³-hybridized carbons (Fsp3) is 0.545. The SMILES string of the molecule is C#CCN(CC(=O)N1CCN(C(=O)C2CC2)CC1)C1CCc2ccccc21. The zero-order valence-corrected chi connectivity index (χ0v) is 15.8. The summed E-state index contributed by atoms with van der Waals surface area (Å²) in [5.74, 6) is 3.37. The molecule has 1 saturated heterocycles. The van der Waals surface area contributed by atoms with Crippen LogP contribution in [0.2, 0.25) is 0 Å². The van der Waals surface area contributed by atoms with E-state index in [4.69, 9.17) is 6.42 Å². The van der Waals surface area contributed by atoms with Crippen LogP contribution in [0.1, 0.15) is 36.4 Å². The predicted molar refractivity (Wildman–Crippen MR) is 104 cm³/mol. The summed E-state index contributed by atoms with van der Waals surface area (Å²) in [6.07, 6.45) is 9.71. The second-order valence-corrected chi connectivity index (χ2v) is 7.84. The molecule has 1 saturated carbocycles. The van der Waals surface area contributed by atoms with E-state index in [1.54, 1.807) is 0 Å². The molecule has 27 heavy (non-hydrogen) atoms. The van der Waals surface area contributed by atoms with Crippen molar-refractivity contribution < 1.29 is 9.59 Å². The first-order valence-corrected chi connectivity index (χ1v) is 9.99. The lowest BCUT2D eigenvalue weighted by Gasteiger charge is -2.36. The maximum absolute atomic E-state index is 12.9. The van der Waals surface area contributed by atoms with Crippen LogP contribution in [0.4, 0.5) is 0 Å². The van der Waals surface area contributed by atoms with E-state index in [0.29, 0.717) is 39.3 Å². The van der Waals surface area contributed by atoms with Crippen molar-refractivity contribution in [3.8, 4) is 12.3 Å². The molecule has 0 N–H and O–H groups in total. The molecule has 0 spiro atoms. The Labute approximate surface area is 161 Å². The Balaban J connectivity index is 1.36. The van der Waals surface area contributed by atoms with Crippen LogP contribution in [-0.2, 0) is 16.0 Å². The smallest absolute Gasteiger partial charge is 0.236 e. The Morgan fingerprint density at radius 1 is 1.07 bits per heavy atom. The van der Waals surface area contributed by atoms with Gasteiger partial charge in [0.25, 0.3) is 0 Å². The van der Waals surface area contributed by atoms with E-state index in [0.717, 1.165) is 25.7 Å². The number of carbonyl (C=O) groups is 2. The summed E-state index contributed by atoms with van der Waals surface area (Å²) in [6, 6.07) is 8.67. The monoisotopic (exact) mass is 365 g/mol. The van der Waals surface area contributed by atoms with E-state index in [2.05, 4.69) is 35.1 Å². The molecule has 2 fully saturated rings. The molecule has 5 heteroatoms. The van der Waals surface area contributed by atoms with Crippen LogP contribution in [0.5, 0.6) is 0 Å². The van der Waals surface area contributed by atoms with Gasteiger partial charge in [-0.15, -0.1) is 6.42 Å². The van der Waals surface area contributed by atoms with E-state index in [1.165, 1.54) is 11.1 Å². The van der Waals surface area contributed by atoms with Gasteiger partial charge >= 0.3 is 0 Å². The van der Waals surface area contributed by atoms with Crippen molar-refractivity contribution in [1.82, 2.24) is 14.7 Å². The molecule has 1 heterocycles. The lowest BCUT2D eigenvalue weighted by atomic mass is 10.1. The van der Waals surface area contributed by atoms with Gasteiger partial charge in [0.05, 0.1) is 13.1 Å². The molecule has 1 aromatic carbocycles. The molecule has 5 nitrogen and oxygen atoms in total. The van der Waals surface area contributed by atoms with Crippen LogP contribution < -0.4 is 0 Å². The van der Waals surface area contributed by atoms with Gasteiger partial charge in [0.2, 0.25) is 11.8 Å². The highest BCUT2D eigenvalue weighted by molar-refractivity contribution is 5.82. The molecule has 1 aromatic rings.